The van der Waals surface area contributed by atoms with Gasteiger partial charge in [-0.15, -0.1) is 0 Å². The average molecular weight is 325 g/mol. The highest BCUT2D eigenvalue weighted by molar-refractivity contribution is 5.79. The van der Waals surface area contributed by atoms with Crippen molar-refractivity contribution >= 4 is 10.9 Å². The van der Waals surface area contributed by atoms with E-state index in [1.165, 1.54) is 0 Å². The van der Waals surface area contributed by atoms with Gasteiger partial charge in [-0.25, -0.2) is 4.98 Å². The van der Waals surface area contributed by atoms with Crippen LogP contribution in [0.2, 0.25) is 0 Å². The van der Waals surface area contributed by atoms with Crippen LogP contribution in [-0.4, -0.2) is 9.55 Å². The Morgan fingerprint density at radius 2 is 1.40 bits per heavy atom. The molecule has 0 aliphatic carbocycles. The van der Waals surface area contributed by atoms with Gasteiger partial charge in [0.1, 0.15) is 11.3 Å². The Morgan fingerprint density at radius 1 is 0.800 bits per heavy atom. The number of nitrogens with zero attached hydrogens (tertiary/aromatic N) is 2. The fourth-order valence-electron chi connectivity index (χ4n) is 3.22. The molecule has 3 nitrogen and oxygen atoms in total. The first kappa shape index (κ1) is 15.3. The van der Waals surface area contributed by atoms with E-state index in [2.05, 4.69) is 19.1 Å². The van der Waals surface area contributed by atoms with Crippen LogP contribution in [0.4, 0.5) is 0 Å². The van der Waals surface area contributed by atoms with Gasteiger partial charge in [-0.1, -0.05) is 72.8 Å². The monoisotopic (exact) mass is 325 g/mol. The minimum atomic E-state index is 0.0148. The van der Waals surface area contributed by atoms with Gasteiger partial charge in [0.2, 0.25) is 0 Å². The number of fused-ring (bicyclic) bond motifs is 1. The number of hydrogen-bond donors (Lipinski definition) is 1. The topological polar surface area (TPSA) is 41.7 Å². The second-order valence-electron chi connectivity index (χ2n) is 6.12. The van der Waals surface area contributed by atoms with Crippen molar-refractivity contribution in [2.45, 2.75) is 13.0 Å². The van der Waals surface area contributed by atoms with Crippen LogP contribution >= 0.6 is 0 Å². The number of aromatic nitrogens is 2. The fourth-order valence-corrected chi connectivity index (χ4v) is 3.22. The maximum Gasteiger partial charge on any atom is 0.142 e. The molecule has 25 heavy (non-hydrogen) atoms. The van der Waals surface area contributed by atoms with Gasteiger partial charge in [0.15, 0.2) is 0 Å². The molecule has 0 aliphatic rings. The third kappa shape index (κ3) is 2.74. The normalized spacial score (nSPS) is 12.2. The second kappa shape index (κ2) is 6.36. The van der Waals surface area contributed by atoms with Crippen molar-refractivity contribution in [2.24, 2.45) is 0 Å². The summed E-state index contributed by atoms with van der Waals surface area (Å²) in [6, 6.07) is 28.3. The van der Waals surface area contributed by atoms with Crippen LogP contribution in [-0.2, 0) is 0 Å². The highest BCUT2D eigenvalue weighted by Gasteiger charge is 2.16. The van der Waals surface area contributed by atoms with Gasteiger partial charge >= 0.3 is 0 Å². The molecule has 0 amide bonds. The number of nitrogens with one attached hydrogen (secondary N) is 1. The molecule has 0 radical (unpaired) electrons. The first-order valence-corrected chi connectivity index (χ1v) is 8.42. The van der Waals surface area contributed by atoms with Crippen LogP contribution in [0.25, 0.3) is 22.3 Å². The molecular weight excluding hydrogens is 306 g/mol. The average Bonchev–Trinajstić information content (AvgIpc) is 2.69. The molecule has 0 bridgehead atoms. The summed E-state index contributed by atoms with van der Waals surface area (Å²) in [7, 11) is 0. The van der Waals surface area contributed by atoms with Crippen molar-refractivity contribution in [1.82, 2.24) is 9.55 Å². The lowest BCUT2D eigenvalue weighted by Gasteiger charge is -2.22. The van der Waals surface area contributed by atoms with Crippen molar-refractivity contribution in [2.75, 3.05) is 0 Å². The Balaban J connectivity index is 2.04. The maximum atomic E-state index is 8.83. The van der Waals surface area contributed by atoms with Crippen molar-refractivity contribution in [3.63, 3.8) is 0 Å². The van der Waals surface area contributed by atoms with E-state index in [0.29, 0.717) is 5.49 Å². The molecular formula is C22H19N3. The van der Waals surface area contributed by atoms with Crippen LogP contribution in [0.5, 0.6) is 0 Å². The van der Waals surface area contributed by atoms with Crippen molar-refractivity contribution in [3.8, 4) is 11.4 Å². The molecule has 4 aromatic rings. The van der Waals surface area contributed by atoms with Crippen LogP contribution in [0.3, 0.4) is 0 Å². The molecule has 1 atom stereocenters. The lowest BCUT2D eigenvalue weighted by Crippen LogP contribution is -2.27. The van der Waals surface area contributed by atoms with E-state index in [1.54, 1.807) is 0 Å². The van der Waals surface area contributed by atoms with Crippen molar-refractivity contribution in [3.05, 3.63) is 96.0 Å². The minimum absolute atomic E-state index is 0.0148. The van der Waals surface area contributed by atoms with Gasteiger partial charge in [-0.2, -0.15) is 0 Å². The molecule has 0 spiro atoms. The zero-order valence-electron chi connectivity index (χ0n) is 14.1. The van der Waals surface area contributed by atoms with E-state index >= 15 is 0 Å². The van der Waals surface area contributed by atoms with E-state index in [0.717, 1.165) is 27.9 Å². The summed E-state index contributed by atoms with van der Waals surface area (Å²) in [4.78, 5) is 4.90. The molecule has 0 aliphatic heterocycles. The molecule has 1 N–H and O–H groups in total. The zero-order chi connectivity index (χ0) is 17.2. The third-order valence-electron chi connectivity index (χ3n) is 4.56. The first-order valence-electron chi connectivity index (χ1n) is 8.42. The van der Waals surface area contributed by atoms with Crippen LogP contribution in [0.15, 0.2) is 84.9 Å². The van der Waals surface area contributed by atoms with Gasteiger partial charge < -0.3 is 4.57 Å². The summed E-state index contributed by atoms with van der Waals surface area (Å²) < 4.78 is 2.02. The van der Waals surface area contributed by atoms with Crippen LogP contribution in [0, 0.1) is 5.41 Å². The van der Waals surface area contributed by atoms with Gasteiger partial charge in [0.25, 0.3) is 0 Å². The highest BCUT2D eigenvalue weighted by Crippen LogP contribution is 2.25. The minimum Gasteiger partial charge on any atom is -0.303 e. The van der Waals surface area contributed by atoms with Gasteiger partial charge in [-0.3, -0.25) is 5.41 Å². The molecule has 1 heterocycles. The third-order valence-corrected chi connectivity index (χ3v) is 4.56. The highest BCUT2D eigenvalue weighted by atomic mass is 15.1. The molecule has 0 fully saturated rings. The van der Waals surface area contributed by atoms with E-state index in [4.69, 9.17) is 10.4 Å². The van der Waals surface area contributed by atoms with E-state index < -0.39 is 0 Å². The van der Waals surface area contributed by atoms with Gasteiger partial charge in [-0.05, 0) is 24.6 Å². The van der Waals surface area contributed by atoms with E-state index in [-0.39, 0.29) is 6.04 Å². The Hall–Kier alpha value is -3.20. The Bertz CT molecular complexity index is 1070. The summed E-state index contributed by atoms with van der Waals surface area (Å²) in [6.07, 6.45) is 0. The standard InChI is InChI=1S/C22H19N3/c1-16(17-10-4-2-5-11-17)25-21(23)19-14-8-9-15-20(19)24-22(25)18-12-6-3-7-13-18/h2-16,23H,1H3/t16-/m1/s1. The molecule has 0 saturated carbocycles. The van der Waals surface area contributed by atoms with Crippen molar-refractivity contribution < 1.29 is 0 Å². The maximum absolute atomic E-state index is 8.83. The number of hydrogen-bond acceptors (Lipinski definition) is 2. The van der Waals surface area contributed by atoms with Gasteiger partial charge in [0, 0.05) is 10.9 Å². The van der Waals surface area contributed by atoms with Gasteiger partial charge in [0.05, 0.1) is 11.6 Å². The smallest absolute Gasteiger partial charge is 0.142 e. The Kier molecular flexibility index (Phi) is 3.90. The molecule has 0 saturated heterocycles. The summed E-state index contributed by atoms with van der Waals surface area (Å²) in [5, 5.41) is 9.70. The number of para-hydroxylation sites is 1. The lowest BCUT2D eigenvalue weighted by atomic mass is 10.1. The number of benzene rings is 3. The SMILES string of the molecule is C[C@H](c1ccccc1)n1c(-c2ccccc2)nc2ccccc2c1=N. The number of rotatable bonds is 3. The molecule has 4 rings (SSSR count). The lowest BCUT2D eigenvalue weighted by molar-refractivity contribution is 0.603. The van der Waals surface area contributed by atoms with Crippen LogP contribution < -0.4 is 5.49 Å². The van der Waals surface area contributed by atoms with Crippen molar-refractivity contribution in [1.29, 1.82) is 5.41 Å². The summed E-state index contributed by atoms with van der Waals surface area (Å²) in [6.45, 7) is 2.12. The molecule has 1 aromatic heterocycles. The largest absolute Gasteiger partial charge is 0.303 e. The van der Waals surface area contributed by atoms with E-state index in [1.807, 2.05) is 77.4 Å². The Morgan fingerprint density at radius 3 is 2.12 bits per heavy atom. The predicted molar refractivity (Wildman–Crippen MR) is 101 cm³/mol. The summed E-state index contributed by atoms with van der Waals surface area (Å²) in [5.74, 6) is 0.820. The fraction of sp³-hybridized carbons (Fsp3) is 0.0909. The summed E-state index contributed by atoms with van der Waals surface area (Å²) >= 11 is 0. The van der Waals surface area contributed by atoms with Crippen LogP contribution in [0.1, 0.15) is 18.5 Å². The zero-order valence-corrected chi connectivity index (χ0v) is 14.1. The molecule has 0 unspecified atom stereocenters. The van der Waals surface area contributed by atoms with E-state index in [9.17, 15) is 0 Å². The predicted octanol–water partition coefficient (Wildman–Crippen LogP) is 4.79. The second-order valence-corrected chi connectivity index (χ2v) is 6.12. The first-order chi connectivity index (χ1) is 12.3. The molecule has 3 heteroatoms. The molecule has 122 valence electrons. The quantitative estimate of drug-likeness (QED) is 0.578. The molecule has 3 aromatic carbocycles. The summed E-state index contributed by atoms with van der Waals surface area (Å²) in [5.41, 5.74) is 3.52. The Labute approximate surface area is 146 Å².